The number of morpholine rings is 1. The van der Waals surface area contributed by atoms with Crippen LogP contribution in [-0.4, -0.2) is 57.0 Å². The van der Waals surface area contributed by atoms with Gasteiger partial charge in [0, 0.05) is 17.6 Å². The van der Waals surface area contributed by atoms with Crippen LogP contribution < -0.4 is 14.9 Å². The highest BCUT2D eigenvalue weighted by molar-refractivity contribution is 9.10. The minimum absolute atomic E-state index is 0.149. The molecular formula is C21H24BrN3O4. The van der Waals surface area contributed by atoms with Crippen molar-refractivity contribution in [2.45, 2.75) is 6.61 Å². The summed E-state index contributed by atoms with van der Waals surface area (Å²) in [6.45, 7) is 3.59. The van der Waals surface area contributed by atoms with Crippen molar-refractivity contribution < 1.29 is 19.0 Å². The number of ether oxygens (including phenoxy) is 3. The zero-order valence-corrected chi connectivity index (χ0v) is 17.9. The van der Waals surface area contributed by atoms with Gasteiger partial charge < -0.3 is 14.2 Å². The Kier molecular flexibility index (Phi) is 8.03. The van der Waals surface area contributed by atoms with Crippen LogP contribution in [-0.2, 0) is 16.1 Å². The van der Waals surface area contributed by atoms with Crippen LogP contribution in [0.25, 0.3) is 0 Å². The van der Waals surface area contributed by atoms with Crippen LogP contribution in [0.5, 0.6) is 11.5 Å². The summed E-state index contributed by atoms with van der Waals surface area (Å²) in [5, 5.41) is 4.03. The predicted octanol–water partition coefficient (Wildman–Crippen LogP) is 2.82. The summed E-state index contributed by atoms with van der Waals surface area (Å²) in [4.78, 5) is 14.0. The number of methoxy groups -OCH3 is 1. The number of rotatable bonds is 8. The minimum atomic E-state index is -0.149. The lowest BCUT2D eigenvalue weighted by molar-refractivity contribution is -0.123. The smallest absolute Gasteiger partial charge is 0.254 e. The Bertz CT molecular complexity index is 836. The number of hydrogen-bond donors (Lipinski definition) is 1. The molecule has 1 aliphatic rings. The highest BCUT2D eigenvalue weighted by Gasteiger charge is 2.13. The Hall–Kier alpha value is -2.42. The third kappa shape index (κ3) is 6.85. The summed E-state index contributed by atoms with van der Waals surface area (Å²) in [7, 11) is 1.59. The van der Waals surface area contributed by atoms with Crippen LogP contribution in [0, 0.1) is 0 Å². The molecule has 0 spiro atoms. The predicted molar refractivity (Wildman–Crippen MR) is 114 cm³/mol. The van der Waals surface area contributed by atoms with E-state index >= 15 is 0 Å². The van der Waals surface area contributed by atoms with Crippen LogP contribution in [0.15, 0.2) is 52.0 Å². The Balaban J connectivity index is 1.52. The van der Waals surface area contributed by atoms with Crippen LogP contribution in [0.2, 0.25) is 0 Å². The Morgan fingerprint density at radius 2 is 1.97 bits per heavy atom. The van der Waals surface area contributed by atoms with E-state index < -0.39 is 0 Å². The van der Waals surface area contributed by atoms with Crippen molar-refractivity contribution in [3.8, 4) is 11.5 Å². The largest absolute Gasteiger partial charge is 0.493 e. The number of nitrogens with one attached hydrogen (secondary N) is 1. The van der Waals surface area contributed by atoms with E-state index in [0.29, 0.717) is 37.9 Å². The molecule has 0 aromatic heterocycles. The summed E-state index contributed by atoms with van der Waals surface area (Å²) in [6, 6.07) is 13.4. The standard InChI is InChI=1S/C21H24BrN3O4/c1-27-20-12-17(13-23-24-21(26)14-25-8-10-28-11-9-25)4-7-19(20)29-15-16-2-5-18(22)6-3-16/h2-7,12-13H,8-11,14-15H2,1H3,(H,24,26). The fraction of sp³-hybridized carbons (Fsp3) is 0.333. The fourth-order valence-corrected chi connectivity index (χ4v) is 3.07. The molecule has 7 nitrogen and oxygen atoms in total. The van der Waals surface area contributed by atoms with Crippen LogP contribution in [0.3, 0.4) is 0 Å². The molecule has 2 aromatic rings. The molecular weight excluding hydrogens is 438 g/mol. The summed E-state index contributed by atoms with van der Waals surface area (Å²) in [6.07, 6.45) is 1.58. The second-order valence-electron chi connectivity index (χ2n) is 6.51. The van der Waals surface area contributed by atoms with E-state index in [2.05, 4.69) is 26.5 Å². The molecule has 0 unspecified atom stereocenters. The number of carbonyl (C=O) groups excluding carboxylic acids is 1. The minimum Gasteiger partial charge on any atom is -0.493 e. The lowest BCUT2D eigenvalue weighted by Gasteiger charge is -2.25. The number of hydrogen-bond acceptors (Lipinski definition) is 6. The van der Waals surface area contributed by atoms with Gasteiger partial charge in [0.25, 0.3) is 5.91 Å². The first-order chi connectivity index (χ1) is 14.1. The summed E-state index contributed by atoms with van der Waals surface area (Å²) in [5.41, 5.74) is 4.41. The zero-order valence-electron chi connectivity index (χ0n) is 16.3. The van der Waals surface area contributed by atoms with E-state index in [1.807, 2.05) is 47.4 Å². The first kappa shape index (κ1) is 21.3. The SMILES string of the molecule is COc1cc(C=NNC(=O)CN2CCOCC2)ccc1OCc1ccc(Br)cc1. The molecule has 1 saturated heterocycles. The molecule has 1 aliphatic heterocycles. The van der Waals surface area contributed by atoms with Gasteiger partial charge >= 0.3 is 0 Å². The van der Waals surface area contributed by atoms with Gasteiger partial charge in [0.15, 0.2) is 11.5 Å². The molecule has 0 atom stereocenters. The topological polar surface area (TPSA) is 72.4 Å². The van der Waals surface area contributed by atoms with Crippen molar-refractivity contribution in [2.75, 3.05) is 40.0 Å². The molecule has 29 heavy (non-hydrogen) atoms. The second kappa shape index (κ2) is 10.9. The normalized spacial score (nSPS) is 14.7. The summed E-state index contributed by atoms with van der Waals surface area (Å²) < 4.78 is 17.6. The Morgan fingerprint density at radius 3 is 2.69 bits per heavy atom. The zero-order chi connectivity index (χ0) is 20.5. The van der Waals surface area contributed by atoms with E-state index in [1.54, 1.807) is 13.3 Å². The van der Waals surface area contributed by atoms with Gasteiger partial charge in [-0.3, -0.25) is 9.69 Å². The van der Waals surface area contributed by atoms with Gasteiger partial charge in [-0.1, -0.05) is 28.1 Å². The van der Waals surface area contributed by atoms with Crippen LogP contribution in [0.4, 0.5) is 0 Å². The lowest BCUT2D eigenvalue weighted by atomic mass is 10.2. The van der Waals surface area contributed by atoms with E-state index in [9.17, 15) is 4.79 Å². The van der Waals surface area contributed by atoms with Gasteiger partial charge in [0.2, 0.25) is 0 Å². The van der Waals surface area contributed by atoms with Crippen LogP contribution in [0.1, 0.15) is 11.1 Å². The van der Waals surface area contributed by atoms with Crippen molar-refractivity contribution in [3.63, 3.8) is 0 Å². The molecule has 0 radical (unpaired) electrons. The van der Waals surface area contributed by atoms with Gasteiger partial charge in [0.1, 0.15) is 6.61 Å². The highest BCUT2D eigenvalue weighted by atomic mass is 79.9. The number of carbonyl (C=O) groups is 1. The Labute approximate surface area is 178 Å². The maximum atomic E-state index is 12.0. The number of benzene rings is 2. The van der Waals surface area contributed by atoms with Crippen molar-refractivity contribution in [1.29, 1.82) is 0 Å². The van der Waals surface area contributed by atoms with Crippen LogP contribution >= 0.6 is 15.9 Å². The molecule has 1 heterocycles. The fourth-order valence-electron chi connectivity index (χ4n) is 2.80. The Morgan fingerprint density at radius 1 is 1.21 bits per heavy atom. The molecule has 1 fully saturated rings. The van der Waals surface area contributed by atoms with Gasteiger partial charge in [0.05, 0.1) is 33.1 Å². The second-order valence-corrected chi connectivity index (χ2v) is 7.42. The van der Waals surface area contributed by atoms with Crippen molar-refractivity contribution >= 4 is 28.1 Å². The molecule has 0 aliphatic carbocycles. The van der Waals surface area contributed by atoms with Crippen molar-refractivity contribution in [1.82, 2.24) is 10.3 Å². The summed E-state index contributed by atoms with van der Waals surface area (Å²) in [5.74, 6) is 1.10. The molecule has 2 aromatic carbocycles. The first-order valence-corrected chi connectivity index (χ1v) is 10.1. The molecule has 3 rings (SSSR count). The molecule has 0 bridgehead atoms. The number of halogens is 1. The van der Waals surface area contributed by atoms with E-state index in [-0.39, 0.29) is 5.91 Å². The molecule has 154 valence electrons. The molecule has 0 saturated carbocycles. The molecule has 8 heteroatoms. The van der Waals surface area contributed by atoms with Gasteiger partial charge in [-0.05, 0) is 41.5 Å². The van der Waals surface area contributed by atoms with Gasteiger partial charge in [-0.25, -0.2) is 5.43 Å². The monoisotopic (exact) mass is 461 g/mol. The molecule has 1 N–H and O–H groups in total. The summed E-state index contributed by atoms with van der Waals surface area (Å²) >= 11 is 3.42. The highest BCUT2D eigenvalue weighted by Crippen LogP contribution is 2.28. The lowest BCUT2D eigenvalue weighted by Crippen LogP contribution is -2.42. The number of amides is 1. The molecule has 1 amide bonds. The van der Waals surface area contributed by atoms with Crippen molar-refractivity contribution in [2.24, 2.45) is 5.10 Å². The maximum Gasteiger partial charge on any atom is 0.254 e. The quantitative estimate of drug-likeness (QED) is 0.483. The van der Waals surface area contributed by atoms with Crippen molar-refractivity contribution in [3.05, 3.63) is 58.1 Å². The van der Waals surface area contributed by atoms with E-state index in [0.717, 1.165) is 28.7 Å². The van der Waals surface area contributed by atoms with Gasteiger partial charge in [-0.2, -0.15) is 5.10 Å². The first-order valence-electron chi connectivity index (χ1n) is 9.31. The number of hydrazone groups is 1. The van der Waals surface area contributed by atoms with E-state index in [4.69, 9.17) is 14.2 Å². The maximum absolute atomic E-state index is 12.0. The van der Waals surface area contributed by atoms with Gasteiger partial charge in [-0.15, -0.1) is 0 Å². The average molecular weight is 462 g/mol. The average Bonchev–Trinajstić information content (AvgIpc) is 2.74. The third-order valence-electron chi connectivity index (χ3n) is 4.37. The van der Waals surface area contributed by atoms with E-state index in [1.165, 1.54) is 0 Å². The number of nitrogens with zero attached hydrogens (tertiary/aromatic N) is 2. The third-order valence-corrected chi connectivity index (χ3v) is 4.90.